The Kier molecular flexibility index (Phi) is 3.46. The molecular weight excluding hydrogens is 306 g/mol. The summed E-state index contributed by atoms with van der Waals surface area (Å²) < 4.78 is 5.18. The molecule has 0 fully saturated rings. The van der Waals surface area contributed by atoms with Gasteiger partial charge in [-0.15, -0.1) is 11.8 Å². The van der Waals surface area contributed by atoms with Crippen LogP contribution >= 0.6 is 11.8 Å². The number of anilines is 1. The summed E-state index contributed by atoms with van der Waals surface area (Å²) in [6.45, 7) is 0. The lowest BCUT2D eigenvalue weighted by Gasteiger charge is -2.25. The summed E-state index contributed by atoms with van der Waals surface area (Å²) in [5.74, 6) is 0.811. The number of carbonyl (C=O) groups excluding carboxylic acids is 1. The molecule has 4 rings (SSSR count). The molecule has 3 aromatic rings. The number of nitrogens with one attached hydrogen (secondary N) is 1. The molecular formula is C19H15NO2S. The number of carbonyl (C=O) groups is 1. The maximum absolute atomic E-state index is 12.6. The van der Waals surface area contributed by atoms with Crippen LogP contribution in [0.3, 0.4) is 0 Å². The van der Waals surface area contributed by atoms with Crippen LogP contribution in [0.4, 0.5) is 5.69 Å². The average molecular weight is 321 g/mol. The number of amides is 1. The van der Waals surface area contributed by atoms with E-state index in [1.165, 1.54) is 0 Å². The molecule has 0 saturated heterocycles. The minimum absolute atomic E-state index is 0.0176. The molecule has 1 heterocycles. The predicted molar refractivity (Wildman–Crippen MR) is 94.2 cm³/mol. The van der Waals surface area contributed by atoms with Crippen LogP contribution in [0.15, 0.2) is 65.6 Å². The van der Waals surface area contributed by atoms with Crippen LogP contribution in [0.25, 0.3) is 10.8 Å². The first-order valence-corrected chi connectivity index (χ1v) is 8.27. The van der Waals surface area contributed by atoms with Gasteiger partial charge < -0.3 is 10.1 Å². The van der Waals surface area contributed by atoms with Gasteiger partial charge >= 0.3 is 0 Å². The van der Waals surface area contributed by atoms with Gasteiger partial charge in [0.15, 0.2) is 0 Å². The molecule has 1 aliphatic heterocycles. The summed E-state index contributed by atoms with van der Waals surface area (Å²) in [7, 11) is 1.64. The second kappa shape index (κ2) is 5.63. The van der Waals surface area contributed by atoms with Crippen LogP contribution in [0.5, 0.6) is 5.75 Å². The van der Waals surface area contributed by atoms with Gasteiger partial charge in [0.25, 0.3) is 0 Å². The molecule has 114 valence electrons. The van der Waals surface area contributed by atoms with Crippen molar-refractivity contribution in [3.63, 3.8) is 0 Å². The summed E-state index contributed by atoms with van der Waals surface area (Å²) in [6, 6.07) is 20.0. The van der Waals surface area contributed by atoms with E-state index in [-0.39, 0.29) is 11.2 Å². The third kappa shape index (κ3) is 2.45. The van der Waals surface area contributed by atoms with Crippen molar-refractivity contribution >= 4 is 34.1 Å². The molecule has 3 aromatic carbocycles. The molecule has 0 aliphatic carbocycles. The van der Waals surface area contributed by atoms with E-state index in [1.807, 2.05) is 42.5 Å². The van der Waals surface area contributed by atoms with Gasteiger partial charge in [-0.2, -0.15) is 0 Å². The number of fused-ring (bicyclic) bond motifs is 3. The smallest absolute Gasteiger partial charge is 0.242 e. The zero-order chi connectivity index (χ0) is 15.8. The van der Waals surface area contributed by atoms with Gasteiger partial charge in [-0.1, -0.05) is 42.5 Å². The fraction of sp³-hybridized carbons (Fsp3) is 0.105. The SMILES string of the molecule is COc1ccc(C2Sc3ccc4ccccc4c3NC2=O)cc1. The maximum atomic E-state index is 12.6. The average Bonchev–Trinajstić information content (AvgIpc) is 2.61. The highest BCUT2D eigenvalue weighted by Gasteiger charge is 2.29. The fourth-order valence-corrected chi connectivity index (χ4v) is 3.98. The Balaban J connectivity index is 1.74. The molecule has 3 nitrogen and oxygen atoms in total. The van der Waals surface area contributed by atoms with Crippen LogP contribution in [-0.2, 0) is 4.79 Å². The Hall–Kier alpha value is -2.46. The molecule has 4 heteroatoms. The number of thioether (sulfide) groups is 1. The third-order valence-corrected chi connectivity index (χ3v) is 5.36. The summed E-state index contributed by atoms with van der Waals surface area (Å²) >= 11 is 1.59. The Bertz CT molecular complexity index is 890. The number of benzene rings is 3. The van der Waals surface area contributed by atoms with Gasteiger partial charge in [0.05, 0.1) is 12.8 Å². The minimum atomic E-state index is -0.241. The van der Waals surface area contributed by atoms with Gasteiger partial charge in [0, 0.05) is 10.3 Å². The number of ether oxygens (including phenoxy) is 1. The largest absolute Gasteiger partial charge is 0.497 e. The van der Waals surface area contributed by atoms with Gasteiger partial charge in [0.1, 0.15) is 11.0 Å². The molecule has 1 amide bonds. The summed E-state index contributed by atoms with van der Waals surface area (Å²) in [6.07, 6.45) is 0. The van der Waals surface area contributed by atoms with Crippen LogP contribution in [0, 0.1) is 0 Å². The van der Waals surface area contributed by atoms with Crippen molar-refractivity contribution < 1.29 is 9.53 Å². The van der Waals surface area contributed by atoms with E-state index in [2.05, 4.69) is 23.5 Å². The monoisotopic (exact) mass is 321 g/mol. The van der Waals surface area contributed by atoms with Crippen molar-refractivity contribution in [3.8, 4) is 5.75 Å². The third-order valence-electron chi connectivity index (χ3n) is 4.04. The van der Waals surface area contributed by atoms with Crippen molar-refractivity contribution in [3.05, 3.63) is 66.2 Å². The van der Waals surface area contributed by atoms with E-state index >= 15 is 0 Å². The van der Waals surface area contributed by atoms with E-state index in [0.717, 1.165) is 32.7 Å². The molecule has 0 saturated carbocycles. The van der Waals surface area contributed by atoms with Crippen molar-refractivity contribution in [2.75, 3.05) is 12.4 Å². The fourth-order valence-electron chi connectivity index (χ4n) is 2.85. The number of hydrogen-bond donors (Lipinski definition) is 1. The first-order chi connectivity index (χ1) is 11.3. The molecule has 1 unspecified atom stereocenters. The van der Waals surface area contributed by atoms with Crippen LogP contribution in [0.2, 0.25) is 0 Å². The van der Waals surface area contributed by atoms with Gasteiger partial charge in [0.2, 0.25) is 5.91 Å². The Morgan fingerprint density at radius 2 is 1.78 bits per heavy atom. The lowest BCUT2D eigenvalue weighted by molar-refractivity contribution is -0.115. The topological polar surface area (TPSA) is 38.3 Å². The van der Waals surface area contributed by atoms with Crippen LogP contribution in [-0.4, -0.2) is 13.0 Å². The summed E-state index contributed by atoms with van der Waals surface area (Å²) in [4.78, 5) is 13.7. The molecule has 0 bridgehead atoms. The number of methoxy groups -OCH3 is 1. The molecule has 0 aromatic heterocycles. The molecule has 1 aliphatic rings. The Morgan fingerprint density at radius 3 is 2.57 bits per heavy atom. The highest BCUT2D eigenvalue weighted by atomic mass is 32.2. The van der Waals surface area contributed by atoms with E-state index < -0.39 is 0 Å². The Labute approximate surface area is 138 Å². The van der Waals surface area contributed by atoms with E-state index in [9.17, 15) is 4.79 Å². The van der Waals surface area contributed by atoms with Crippen molar-refractivity contribution in [2.45, 2.75) is 10.1 Å². The van der Waals surface area contributed by atoms with Crippen LogP contribution < -0.4 is 10.1 Å². The highest BCUT2D eigenvalue weighted by Crippen LogP contribution is 2.46. The Morgan fingerprint density at radius 1 is 1.00 bits per heavy atom. The lowest BCUT2D eigenvalue weighted by Crippen LogP contribution is -2.23. The first-order valence-electron chi connectivity index (χ1n) is 7.39. The van der Waals surface area contributed by atoms with E-state index in [1.54, 1.807) is 18.9 Å². The predicted octanol–water partition coefficient (Wildman–Crippen LogP) is 4.63. The second-order valence-corrected chi connectivity index (χ2v) is 6.57. The normalized spacial score (nSPS) is 16.7. The van der Waals surface area contributed by atoms with Gasteiger partial charge in [-0.3, -0.25) is 4.79 Å². The highest BCUT2D eigenvalue weighted by molar-refractivity contribution is 8.00. The first kappa shape index (κ1) is 14.2. The number of hydrogen-bond acceptors (Lipinski definition) is 3. The van der Waals surface area contributed by atoms with Gasteiger partial charge in [-0.25, -0.2) is 0 Å². The van der Waals surface area contributed by atoms with Crippen molar-refractivity contribution in [1.29, 1.82) is 0 Å². The van der Waals surface area contributed by atoms with Crippen molar-refractivity contribution in [2.24, 2.45) is 0 Å². The summed E-state index contributed by atoms with van der Waals surface area (Å²) in [5, 5.41) is 5.06. The van der Waals surface area contributed by atoms with E-state index in [4.69, 9.17) is 4.74 Å². The van der Waals surface area contributed by atoms with E-state index in [0.29, 0.717) is 0 Å². The zero-order valence-corrected chi connectivity index (χ0v) is 13.4. The molecule has 0 radical (unpaired) electrons. The second-order valence-electron chi connectivity index (χ2n) is 5.42. The van der Waals surface area contributed by atoms with Gasteiger partial charge in [-0.05, 0) is 29.1 Å². The molecule has 1 atom stereocenters. The molecule has 23 heavy (non-hydrogen) atoms. The number of rotatable bonds is 2. The summed E-state index contributed by atoms with van der Waals surface area (Å²) in [5.41, 5.74) is 1.90. The van der Waals surface area contributed by atoms with Crippen LogP contribution in [0.1, 0.15) is 10.8 Å². The standard InChI is InChI=1S/C19H15NO2S/c1-22-14-9-6-13(7-10-14)18-19(21)20-17-15-5-3-2-4-12(15)8-11-16(17)23-18/h2-11,18H,1H3,(H,20,21). The lowest BCUT2D eigenvalue weighted by atomic mass is 10.1. The zero-order valence-electron chi connectivity index (χ0n) is 12.6. The maximum Gasteiger partial charge on any atom is 0.242 e. The van der Waals surface area contributed by atoms with Crippen molar-refractivity contribution in [1.82, 2.24) is 0 Å². The quantitative estimate of drug-likeness (QED) is 0.747. The minimum Gasteiger partial charge on any atom is -0.497 e. The molecule has 0 spiro atoms. The molecule has 1 N–H and O–H groups in total.